The van der Waals surface area contributed by atoms with E-state index in [1.165, 1.54) is 12.1 Å². The van der Waals surface area contributed by atoms with Gasteiger partial charge in [0.1, 0.15) is 5.69 Å². The van der Waals surface area contributed by atoms with Gasteiger partial charge in [-0.3, -0.25) is 0 Å². The van der Waals surface area contributed by atoms with E-state index in [0.29, 0.717) is 11.7 Å². The number of alkyl halides is 2. The van der Waals surface area contributed by atoms with Gasteiger partial charge in [0.05, 0.1) is 0 Å². The number of hydrogen-bond donors (Lipinski definition) is 1. The molecule has 6 heteroatoms. The summed E-state index contributed by atoms with van der Waals surface area (Å²) in [5.74, 6) is 0.777. The van der Waals surface area contributed by atoms with Gasteiger partial charge in [0.15, 0.2) is 5.82 Å². The highest BCUT2D eigenvalue weighted by Gasteiger charge is 2.19. The van der Waals surface area contributed by atoms with E-state index in [9.17, 15) is 8.78 Å². The molecular weight excluding hydrogens is 346 g/mol. The summed E-state index contributed by atoms with van der Waals surface area (Å²) in [6, 6.07) is 14.6. The van der Waals surface area contributed by atoms with Gasteiger partial charge < -0.3 is 10.2 Å². The highest BCUT2D eigenvalue weighted by atomic mass is 19.3. The fourth-order valence-corrected chi connectivity index (χ4v) is 3.69. The van der Waals surface area contributed by atoms with Gasteiger partial charge in [0.25, 0.3) is 6.43 Å². The predicted octanol–water partition coefficient (Wildman–Crippen LogP) is 4.74. The summed E-state index contributed by atoms with van der Waals surface area (Å²) in [5, 5.41) is 14.4. The number of likely N-dealkylation sites (tertiary alicyclic amines) is 1. The fraction of sp³-hybridized carbons (Fsp3) is 0.333. The molecule has 1 fully saturated rings. The number of piperidine rings is 1. The normalized spacial score (nSPS) is 18.1. The third kappa shape index (κ3) is 3.76. The van der Waals surface area contributed by atoms with Crippen molar-refractivity contribution in [2.45, 2.75) is 25.3 Å². The van der Waals surface area contributed by atoms with E-state index in [1.807, 2.05) is 24.3 Å². The number of halogens is 2. The van der Waals surface area contributed by atoms with Crippen LogP contribution in [-0.2, 0) is 0 Å². The first-order chi connectivity index (χ1) is 13.1. The number of hydrogen-bond acceptors (Lipinski definition) is 4. The van der Waals surface area contributed by atoms with Crippen molar-refractivity contribution in [3.05, 3.63) is 54.1 Å². The summed E-state index contributed by atoms with van der Waals surface area (Å²) < 4.78 is 25.6. The number of rotatable bonds is 4. The Labute approximate surface area is 157 Å². The molecule has 1 atom stereocenters. The lowest BCUT2D eigenvalue weighted by Gasteiger charge is -2.30. The molecule has 1 saturated heterocycles. The number of nitrogens with one attached hydrogen (secondary N) is 1. The number of anilines is 1. The van der Waals surface area contributed by atoms with Gasteiger partial charge in [-0.1, -0.05) is 48.5 Å². The standard InChI is InChI=1S/C21H22F2N4/c1-27-12-4-5-16(13-27)24-21-18-7-3-2-6-17(18)19(25-26-21)14-8-10-15(11-9-14)20(22)23/h2-3,6-11,16,20H,4-5,12-13H2,1H3,(H,24,26). The third-order valence-corrected chi connectivity index (χ3v) is 5.09. The van der Waals surface area contributed by atoms with Crippen LogP contribution >= 0.6 is 0 Å². The Morgan fingerprint density at radius 1 is 1.04 bits per heavy atom. The molecule has 1 aliphatic heterocycles. The van der Waals surface area contributed by atoms with Crippen LogP contribution in [0.3, 0.4) is 0 Å². The van der Waals surface area contributed by atoms with Gasteiger partial charge in [-0.25, -0.2) is 8.78 Å². The fourth-order valence-electron chi connectivity index (χ4n) is 3.69. The molecule has 2 aromatic carbocycles. The molecule has 1 unspecified atom stereocenters. The van der Waals surface area contributed by atoms with Crippen LogP contribution in [0.2, 0.25) is 0 Å². The molecular formula is C21H22F2N4. The maximum Gasteiger partial charge on any atom is 0.263 e. The lowest BCUT2D eigenvalue weighted by Crippen LogP contribution is -2.40. The zero-order chi connectivity index (χ0) is 18.8. The van der Waals surface area contributed by atoms with Crippen molar-refractivity contribution in [1.29, 1.82) is 0 Å². The molecule has 3 aromatic rings. The molecule has 1 aliphatic rings. The molecule has 0 radical (unpaired) electrons. The minimum Gasteiger partial charge on any atom is -0.364 e. The molecule has 0 bridgehead atoms. The lowest BCUT2D eigenvalue weighted by atomic mass is 10.0. The van der Waals surface area contributed by atoms with Crippen LogP contribution in [0.4, 0.5) is 14.6 Å². The van der Waals surface area contributed by atoms with Crippen LogP contribution in [0.1, 0.15) is 24.8 Å². The van der Waals surface area contributed by atoms with E-state index in [0.717, 1.165) is 48.1 Å². The van der Waals surface area contributed by atoms with E-state index >= 15 is 0 Å². The average molecular weight is 368 g/mol. The van der Waals surface area contributed by atoms with Crippen molar-refractivity contribution in [2.75, 3.05) is 25.5 Å². The molecule has 140 valence electrons. The molecule has 0 spiro atoms. The Morgan fingerprint density at radius 2 is 1.78 bits per heavy atom. The van der Waals surface area contributed by atoms with Crippen molar-refractivity contribution in [1.82, 2.24) is 15.1 Å². The van der Waals surface area contributed by atoms with Crippen molar-refractivity contribution in [3.63, 3.8) is 0 Å². The summed E-state index contributed by atoms with van der Waals surface area (Å²) in [7, 11) is 2.13. The second kappa shape index (κ2) is 7.56. The zero-order valence-electron chi connectivity index (χ0n) is 15.2. The van der Waals surface area contributed by atoms with Crippen LogP contribution in [0.25, 0.3) is 22.0 Å². The van der Waals surface area contributed by atoms with E-state index in [4.69, 9.17) is 0 Å². The predicted molar refractivity (Wildman–Crippen MR) is 104 cm³/mol. The Morgan fingerprint density at radius 3 is 2.48 bits per heavy atom. The first-order valence-electron chi connectivity index (χ1n) is 9.21. The third-order valence-electron chi connectivity index (χ3n) is 5.09. The summed E-state index contributed by atoms with van der Waals surface area (Å²) in [4.78, 5) is 2.32. The first-order valence-corrected chi connectivity index (χ1v) is 9.21. The zero-order valence-corrected chi connectivity index (χ0v) is 15.2. The number of benzene rings is 2. The van der Waals surface area contributed by atoms with Crippen molar-refractivity contribution in [2.24, 2.45) is 0 Å². The lowest BCUT2D eigenvalue weighted by molar-refractivity contribution is 0.151. The Bertz CT molecular complexity index is 927. The quantitative estimate of drug-likeness (QED) is 0.722. The molecule has 1 aromatic heterocycles. The molecule has 0 aliphatic carbocycles. The van der Waals surface area contributed by atoms with Gasteiger partial charge in [0.2, 0.25) is 0 Å². The van der Waals surface area contributed by atoms with E-state index < -0.39 is 6.43 Å². The SMILES string of the molecule is CN1CCCC(Nc2nnc(-c3ccc(C(F)F)cc3)c3ccccc23)C1. The highest BCUT2D eigenvalue weighted by molar-refractivity contribution is 6.00. The maximum absolute atomic E-state index is 12.8. The molecule has 4 nitrogen and oxygen atoms in total. The summed E-state index contributed by atoms with van der Waals surface area (Å²) in [5.41, 5.74) is 1.50. The monoisotopic (exact) mass is 368 g/mol. The van der Waals surface area contributed by atoms with Crippen molar-refractivity contribution >= 4 is 16.6 Å². The van der Waals surface area contributed by atoms with Crippen LogP contribution in [0.15, 0.2) is 48.5 Å². The van der Waals surface area contributed by atoms with Crippen LogP contribution in [0.5, 0.6) is 0 Å². The maximum atomic E-state index is 12.8. The van der Waals surface area contributed by atoms with Crippen LogP contribution < -0.4 is 5.32 Å². The van der Waals surface area contributed by atoms with Gasteiger partial charge in [-0.05, 0) is 26.4 Å². The second-order valence-electron chi connectivity index (χ2n) is 7.11. The molecule has 1 N–H and O–H groups in total. The molecule has 0 amide bonds. The second-order valence-corrected chi connectivity index (χ2v) is 7.11. The summed E-state index contributed by atoms with van der Waals surface area (Å²) in [6.45, 7) is 2.10. The van der Waals surface area contributed by atoms with E-state index in [1.54, 1.807) is 12.1 Å². The van der Waals surface area contributed by atoms with Crippen LogP contribution in [0, 0.1) is 0 Å². The summed E-state index contributed by atoms with van der Waals surface area (Å²) in [6.07, 6.45) is -0.201. The minimum atomic E-state index is -2.47. The Hall–Kier alpha value is -2.60. The summed E-state index contributed by atoms with van der Waals surface area (Å²) >= 11 is 0. The largest absolute Gasteiger partial charge is 0.364 e. The van der Waals surface area contributed by atoms with Crippen molar-refractivity contribution in [3.8, 4) is 11.3 Å². The first kappa shape index (κ1) is 17.8. The van der Waals surface area contributed by atoms with E-state index in [-0.39, 0.29) is 5.56 Å². The number of fused-ring (bicyclic) bond motifs is 1. The van der Waals surface area contributed by atoms with Gasteiger partial charge in [0, 0.05) is 34.5 Å². The highest BCUT2D eigenvalue weighted by Crippen LogP contribution is 2.31. The van der Waals surface area contributed by atoms with Gasteiger partial charge in [-0.15, -0.1) is 10.2 Å². The Kier molecular flexibility index (Phi) is 4.99. The number of likely N-dealkylation sites (N-methyl/N-ethyl adjacent to an activating group) is 1. The molecule has 27 heavy (non-hydrogen) atoms. The van der Waals surface area contributed by atoms with Crippen LogP contribution in [-0.4, -0.2) is 41.3 Å². The average Bonchev–Trinajstić information content (AvgIpc) is 2.68. The van der Waals surface area contributed by atoms with Crippen molar-refractivity contribution < 1.29 is 8.78 Å². The minimum absolute atomic E-state index is 0.00993. The van der Waals surface area contributed by atoms with E-state index in [2.05, 4.69) is 27.5 Å². The van der Waals surface area contributed by atoms with Gasteiger partial charge in [-0.2, -0.15) is 0 Å². The number of nitrogens with zero attached hydrogens (tertiary/aromatic N) is 3. The Balaban J connectivity index is 1.69. The number of aromatic nitrogens is 2. The topological polar surface area (TPSA) is 41.0 Å². The molecule has 4 rings (SSSR count). The molecule has 2 heterocycles. The smallest absolute Gasteiger partial charge is 0.263 e. The van der Waals surface area contributed by atoms with Gasteiger partial charge >= 0.3 is 0 Å². The molecule has 0 saturated carbocycles.